The Balaban J connectivity index is 1.27. The fraction of sp³-hybridized carbons (Fsp3) is 0.385. The van der Waals surface area contributed by atoms with Gasteiger partial charge in [-0.15, -0.1) is 10.2 Å². The molecule has 4 aromatic rings. The molecule has 1 fully saturated rings. The molecule has 0 spiro atoms. The summed E-state index contributed by atoms with van der Waals surface area (Å²) in [7, 11) is 0. The molecule has 34 heavy (non-hydrogen) atoms. The van der Waals surface area contributed by atoms with Gasteiger partial charge < -0.3 is 0 Å². The maximum absolute atomic E-state index is 13.0. The average Bonchev–Trinajstić information content (AvgIpc) is 3.57. The quantitative estimate of drug-likeness (QED) is 0.377. The van der Waals surface area contributed by atoms with E-state index in [2.05, 4.69) is 68.0 Å². The molecule has 0 radical (unpaired) electrons. The van der Waals surface area contributed by atoms with Crippen LogP contribution in [0.15, 0.2) is 54.9 Å². The number of aromatic nitrogens is 7. The standard InChI is InChI=1S/C26H29N7O/c1-2-6-18-7-5-8-21(15-18)24(34)26-27-17-33(30-26)16-19-11-13-20(14-12-19)22-9-3-4-10-23(22)25-28-31-32-29-25/h3-4,9-14,17-18,21H,2,5-8,15-16H2,1H3,(H,28,29,31,32). The molecule has 2 aromatic carbocycles. The summed E-state index contributed by atoms with van der Waals surface area (Å²) in [5.74, 6) is 1.83. The molecule has 1 aliphatic carbocycles. The van der Waals surface area contributed by atoms with Gasteiger partial charge in [-0.2, -0.15) is 0 Å². The summed E-state index contributed by atoms with van der Waals surface area (Å²) < 4.78 is 1.75. The Hall–Kier alpha value is -3.68. The van der Waals surface area contributed by atoms with Crippen molar-refractivity contribution < 1.29 is 4.79 Å². The summed E-state index contributed by atoms with van der Waals surface area (Å²) in [6, 6.07) is 16.3. The first-order chi connectivity index (χ1) is 16.7. The van der Waals surface area contributed by atoms with Gasteiger partial charge in [0.05, 0.1) is 6.54 Å². The predicted octanol–water partition coefficient (Wildman–Crippen LogP) is 4.96. The van der Waals surface area contributed by atoms with Crippen molar-refractivity contribution in [2.24, 2.45) is 11.8 Å². The van der Waals surface area contributed by atoms with Crippen molar-refractivity contribution in [2.75, 3.05) is 0 Å². The smallest absolute Gasteiger partial charge is 0.217 e. The number of rotatable bonds is 8. The van der Waals surface area contributed by atoms with Crippen molar-refractivity contribution in [3.05, 3.63) is 66.2 Å². The van der Waals surface area contributed by atoms with Crippen LogP contribution in [0.3, 0.4) is 0 Å². The zero-order valence-electron chi connectivity index (χ0n) is 19.4. The summed E-state index contributed by atoms with van der Waals surface area (Å²) >= 11 is 0. The van der Waals surface area contributed by atoms with Crippen LogP contribution in [0.5, 0.6) is 0 Å². The van der Waals surface area contributed by atoms with Crippen molar-refractivity contribution in [2.45, 2.75) is 52.0 Å². The topological polar surface area (TPSA) is 102 Å². The summed E-state index contributed by atoms with van der Waals surface area (Å²) in [5, 5.41) is 18.8. The molecule has 8 heteroatoms. The first kappa shape index (κ1) is 22.1. The van der Waals surface area contributed by atoms with Crippen LogP contribution in [-0.4, -0.2) is 41.2 Å². The number of carbonyl (C=O) groups is 1. The highest BCUT2D eigenvalue weighted by atomic mass is 16.1. The molecule has 2 heterocycles. The Morgan fingerprint density at radius 3 is 2.68 bits per heavy atom. The molecule has 2 atom stereocenters. The third-order valence-electron chi connectivity index (χ3n) is 6.74. The van der Waals surface area contributed by atoms with E-state index in [1.165, 1.54) is 19.3 Å². The molecule has 2 unspecified atom stereocenters. The zero-order valence-corrected chi connectivity index (χ0v) is 19.4. The molecular formula is C26H29N7O. The first-order valence-corrected chi connectivity index (χ1v) is 12.1. The predicted molar refractivity (Wildman–Crippen MR) is 129 cm³/mol. The molecule has 1 aliphatic rings. The van der Waals surface area contributed by atoms with Crippen molar-refractivity contribution in [3.8, 4) is 22.5 Å². The number of Topliss-reactive ketones (excluding diaryl/α,β-unsaturated/α-hetero) is 1. The van der Waals surface area contributed by atoms with Crippen LogP contribution in [0.4, 0.5) is 0 Å². The number of tetrazole rings is 1. The number of nitrogens with zero attached hydrogens (tertiary/aromatic N) is 6. The maximum atomic E-state index is 13.0. The van der Waals surface area contributed by atoms with Crippen LogP contribution in [0.2, 0.25) is 0 Å². The Morgan fingerprint density at radius 1 is 1.09 bits per heavy atom. The number of aromatic amines is 1. The number of nitrogens with one attached hydrogen (secondary N) is 1. The highest BCUT2D eigenvalue weighted by molar-refractivity contribution is 5.94. The lowest BCUT2D eigenvalue weighted by Crippen LogP contribution is -2.24. The van der Waals surface area contributed by atoms with Crippen LogP contribution < -0.4 is 0 Å². The third kappa shape index (κ3) is 4.81. The fourth-order valence-corrected chi connectivity index (χ4v) is 5.06. The molecule has 0 amide bonds. The third-order valence-corrected chi connectivity index (χ3v) is 6.74. The molecule has 1 N–H and O–H groups in total. The van der Waals surface area contributed by atoms with E-state index >= 15 is 0 Å². The summed E-state index contributed by atoms with van der Waals surface area (Å²) in [4.78, 5) is 17.3. The highest BCUT2D eigenvalue weighted by Crippen LogP contribution is 2.33. The Bertz CT molecular complexity index is 1230. The molecular weight excluding hydrogens is 426 g/mol. The van der Waals surface area contributed by atoms with E-state index in [9.17, 15) is 4.79 Å². The molecule has 0 aliphatic heterocycles. The van der Waals surface area contributed by atoms with Crippen molar-refractivity contribution in [1.82, 2.24) is 35.4 Å². The zero-order chi connectivity index (χ0) is 23.3. The van der Waals surface area contributed by atoms with Crippen LogP contribution in [0.1, 0.15) is 61.6 Å². The van der Waals surface area contributed by atoms with E-state index in [1.54, 1.807) is 11.0 Å². The number of ketones is 1. The lowest BCUT2D eigenvalue weighted by Gasteiger charge is -2.27. The minimum atomic E-state index is 0.0695. The average molecular weight is 456 g/mol. The second-order valence-corrected chi connectivity index (χ2v) is 9.14. The monoisotopic (exact) mass is 455 g/mol. The van der Waals surface area contributed by atoms with Gasteiger partial charge in [0.25, 0.3) is 0 Å². The minimum Gasteiger partial charge on any atom is -0.290 e. The molecule has 8 nitrogen and oxygen atoms in total. The largest absolute Gasteiger partial charge is 0.290 e. The Labute approximate surface area is 198 Å². The van der Waals surface area contributed by atoms with E-state index < -0.39 is 0 Å². The Kier molecular flexibility index (Phi) is 6.56. The molecule has 0 saturated heterocycles. The summed E-state index contributed by atoms with van der Waals surface area (Å²) in [6.45, 7) is 2.78. The van der Waals surface area contributed by atoms with Crippen LogP contribution >= 0.6 is 0 Å². The highest BCUT2D eigenvalue weighted by Gasteiger charge is 2.29. The van der Waals surface area contributed by atoms with E-state index in [4.69, 9.17) is 0 Å². The fourth-order valence-electron chi connectivity index (χ4n) is 5.06. The lowest BCUT2D eigenvalue weighted by molar-refractivity contribution is 0.0848. The number of H-pyrrole nitrogens is 1. The van der Waals surface area contributed by atoms with Crippen LogP contribution in [-0.2, 0) is 6.54 Å². The Morgan fingerprint density at radius 2 is 1.91 bits per heavy atom. The van der Waals surface area contributed by atoms with Gasteiger partial charge in [0.2, 0.25) is 11.6 Å². The van der Waals surface area contributed by atoms with Gasteiger partial charge in [-0.3, -0.25) is 4.79 Å². The van der Waals surface area contributed by atoms with Crippen molar-refractivity contribution in [3.63, 3.8) is 0 Å². The molecule has 174 valence electrons. The number of carbonyl (C=O) groups excluding carboxylic acids is 1. The van der Waals surface area contributed by atoms with Gasteiger partial charge in [0.15, 0.2) is 5.82 Å². The van der Waals surface area contributed by atoms with Gasteiger partial charge >= 0.3 is 0 Å². The van der Waals surface area contributed by atoms with Gasteiger partial charge in [0, 0.05) is 11.5 Å². The summed E-state index contributed by atoms with van der Waals surface area (Å²) in [5.41, 5.74) is 4.16. The van der Waals surface area contributed by atoms with E-state index in [0.717, 1.165) is 41.5 Å². The second kappa shape index (κ2) is 10.1. The SMILES string of the molecule is CCCC1CCCC(C(=O)c2ncn(Cc3ccc(-c4ccccc4-c4nnn[nH]4)cc3)n2)C1. The molecule has 2 aromatic heterocycles. The van der Waals surface area contributed by atoms with Crippen LogP contribution in [0, 0.1) is 11.8 Å². The van der Waals surface area contributed by atoms with E-state index in [-0.39, 0.29) is 11.7 Å². The van der Waals surface area contributed by atoms with Gasteiger partial charge in [0.1, 0.15) is 6.33 Å². The minimum absolute atomic E-state index is 0.0695. The second-order valence-electron chi connectivity index (χ2n) is 9.14. The summed E-state index contributed by atoms with van der Waals surface area (Å²) in [6.07, 6.45) is 8.37. The molecule has 5 rings (SSSR count). The number of benzene rings is 2. The number of hydrogen-bond acceptors (Lipinski definition) is 6. The molecule has 1 saturated carbocycles. The maximum Gasteiger partial charge on any atom is 0.217 e. The van der Waals surface area contributed by atoms with Gasteiger partial charge in [-0.25, -0.2) is 14.8 Å². The lowest BCUT2D eigenvalue weighted by atomic mass is 9.77. The van der Waals surface area contributed by atoms with Crippen molar-refractivity contribution >= 4 is 5.78 Å². The first-order valence-electron chi connectivity index (χ1n) is 12.1. The van der Waals surface area contributed by atoms with E-state index in [0.29, 0.717) is 24.1 Å². The van der Waals surface area contributed by atoms with E-state index in [1.807, 2.05) is 18.2 Å². The van der Waals surface area contributed by atoms with Gasteiger partial charge in [-0.05, 0) is 45.9 Å². The van der Waals surface area contributed by atoms with Crippen LogP contribution in [0.25, 0.3) is 22.5 Å². The van der Waals surface area contributed by atoms with Crippen molar-refractivity contribution in [1.29, 1.82) is 0 Å². The molecule has 0 bridgehead atoms. The number of hydrogen-bond donors (Lipinski definition) is 1. The normalized spacial score (nSPS) is 18.1. The van der Waals surface area contributed by atoms with Gasteiger partial charge in [-0.1, -0.05) is 81.1 Å².